The monoisotopic (exact) mass is 299 g/mol. The van der Waals surface area contributed by atoms with Gasteiger partial charge in [0.05, 0.1) is 0 Å². The lowest BCUT2D eigenvalue weighted by atomic mass is 9.84. The number of fused-ring (bicyclic) bond motifs is 2. The molecule has 2 heterocycles. The molecule has 4 rings (SSSR count). The fourth-order valence-corrected chi connectivity index (χ4v) is 2.99. The van der Waals surface area contributed by atoms with Gasteiger partial charge in [-0.25, -0.2) is 4.39 Å². The average Bonchev–Trinajstić information content (AvgIpc) is 2.53. The van der Waals surface area contributed by atoms with Crippen LogP contribution in [0.25, 0.3) is 0 Å². The molecule has 0 saturated heterocycles. The molecule has 5 heteroatoms. The van der Waals surface area contributed by atoms with Crippen LogP contribution in [0.15, 0.2) is 36.4 Å². The van der Waals surface area contributed by atoms with Crippen molar-refractivity contribution in [3.8, 4) is 11.5 Å². The van der Waals surface area contributed by atoms with Gasteiger partial charge >= 0.3 is 0 Å². The lowest BCUT2D eigenvalue weighted by molar-refractivity contribution is -0.116. The molecular formula is C17H14FNO3. The number of nitrogens with one attached hydrogen (secondary N) is 1. The number of carbonyl (C=O) groups is 1. The first-order valence-corrected chi connectivity index (χ1v) is 7.19. The van der Waals surface area contributed by atoms with E-state index in [0.717, 1.165) is 16.8 Å². The van der Waals surface area contributed by atoms with Crippen molar-refractivity contribution < 1.29 is 18.7 Å². The third-order valence-corrected chi connectivity index (χ3v) is 4.03. The summed E-state index contributed by atoms with van der Waals surface area (Å²) in [5.41, 5.74) is 2.61. The van der Waals surface area contributed by atoms with Gasteiger partial charge < -0.3 is 14.8 Å². The Bertz CT molecular complexity index is 742. The number of ether oxygens (including phenoxy) is 2. The van der Waals surface area contributed by atoms with Crippen LogP contribution in [0.1, 0.15) is 23.5 Å². The van der Waals surface area contributed by atoms with Crippen LogP contribution in [-0.4, -0.2) is 19.1 Å². The van der Waals surface area contributed by atoms with E-state index in [1.165, 1.54) is 12.1 Å². The molecule has 112 valence electrons. The van der Waals surface area contributed by atoms with E-state index in [9.17, 15) is 9.18 Å². The Labute approximate surface area is 126 Å². The molecule has 1 N–H and O–H groups in total. The number of hydrogen-bond acceptors (Lipinski definition) is 3. The lowest BCUT2D eigenvalue weighted by Gasteiger charge is -2.28. The zero-order valence-corrected chi connectivity index (χ0v) is 11.8. The van der Waals surface area contributed by atoms with Gasteiger partial charge in [-0.15, -0.1) is 0 Å². The van der Waals surface area contributed by atoms with E-state index in [1.807, 2.05) is 6.07 Å². The van der Waals surface area contributed by atoms with Crippen LogP contribution in [0.3, 0.4) is 0 Å². The highest BCUT2D eigenvalue weighted by molar-refractivity contribution is 5.96. The van der Waals surface area contributed by atoms with Gasteiger partial charge in [0.25, 0.3) is 0 Å². The third kappa shape index (κ3) is 2.19. The summed E-state index contributed by atoms with van der Waals surface area (Å²) in [6, 6.07) is 9.99. The van der Waals surface area contributed by atoms with Gasteiger partial charge in [-0.05, 0) is 29.3 Å². The van der Waals surface area contributed by atoms with Gasteiger partial charge in [0.2, 0.25) is 5.91 Å². The number of carbonyl (C=O) groups excluding carboxylic acids is 1. The predicted molar refractivity (Wildman–Crippen MR) is 78.9 cm³/mol. The maximum atomic E-state index is 13.1. The smallest absolute Gasteiger partial charge is 0.225 e. The number of hydrogen-bond donors (Lipinski definition) is 1. The summed E-state index contributed by atoms with van der Waals surface area (Å²) in [5.74, 6) is 0.878. The quantitative estimate of drug-likeness (QED) is 0.880. The number of halogens is 1. The number of benzene rings is 2. The van der Waals surface area contributed by atoms with Gasteiger partial charge in [-0.2, -0.15) is 0 Å². The van der Waals surface area contributed by atoms with E-state index in [0.29, 0.717) is 31.1 Å². The fraction of sp³-hybridized carbons (Fsp3) is 0.235. The summed E-state index contributed by atoms with van der Waals surface area (Å²) >= 11 is 0. The first-order chi connectivity index (χ1) is 10.7. The van der Waals surface area contributed by atoms with Crippen molar-refractivity contribution in [3.63, 3.8) is 0 Å². The Morgan fingerprint density at radius 1 is 1.05 bits per heavy atom. The van der Waals surface area contributed by atoms with E-state index in [4.69, 9.17) is 9.47 Å². The molecule has 2 aliphatic heterocycles. The Kier molecular flexibility index (Phi) is 2.99. The summed E-state index contributed by atoms with van der Waals surface area (Å²) < 4.78 is 24.3. The van der Waals surface area contributed by atoms with Crippen LogP contribution < -0.4 is 14.8 Å². The van der Waals surface area contributed by atoms with E-state index < -0.39 is 0 Å². The SMILES string of the molecule is O=C1C[C@@H](c2ccc(F)cc2)c2cc3c(cc2N1)OCCO3. The molecule has 0 unspecified atom stereocenters. The second-order valence-electron chi connectivity index (χ2n) is 5.44. The minimum absolute atomic E-state index is 0.0569. The molecule has 22 heavy (non-hydrogen) atoms. The molecule has 0 spiro atoms. The number of rotatable bonds is 1. The summed E-state index contributed by atoms with van der Waals surface area (Å²) in [5, 5.41) is 2.87. The highest BCUT2D eigenvalue weighted by atomic mass is 19.1. The minimum Gasteiger partial charge on any atom is -0.486 e. The number of amides is 1. The lowest BCUT2D eigenvalue weighted by Crippen LogP contribution is -2.24. The van der Waals surface area contributed by atoms with Gasteiger partial charge in [0.1, 0.15) is 19.0 Å². The molecule has 1 atom stereocenters. The molecule has 1 amide bonds. The molecule has 2 aromatic carbocycles. The highest BCUT2D eigenvalue weighted by Crippen LogP contribution is 2.43. The topological polar surface area (TPSA) is 47.6 Å². The Morgan fingerprint density at radius 3 is 2.45 bits per heavy atom. The highest BCUT2D eigenvalue weighted by Gasteiger charge is 2.29. The van der Waals surface area contributed by atoms with Crippen molar-refractivity contribution in [2.75, 3.05) is 18.5 Å². The van der Waals surface area contributed by atoms with Crippen molar-refractivity contribution in [2.24, 2.45) is 0 Å². The second-order valence-corrected chi connectivity index (χ2v) is 5.44. The molecular weight excluding hydrogens is 285 g/mol. The molecule has 0 radical (unpaired) electrons. The van der Waals surface area contributed by atoms with Crippen LogP contribution in [0.4, 0.5) is 10.1 Å². The van der Waals surface area contributed by atoms with Crippen LogP contribution in [0.5, 0.6) is 11.5 Å². The van der Waals surface area contributed by atoms with Crippen LogP contribution >= 0.6 is 0 Å². The summed E-state index contributed by atoms with van der Waals surface area (Å²) in [4.78, 5) is 12.0. The summed E-state index contributed by atoms with van der Waals surface area (Å²) in [6.07, 6.45) is 0.332. The molecule has 0 bridgehead atoms. The van der Waals surface area contributed by atoms with E-state index in [2.05, 4.69) is 5.32 Å². The first kappa shape index (κ1) is 13.1. The van der Waals surface area contributed by atoms with Gasteiger partial charge in [0, 0.05) is 24.1 Å². The normalized spacial score (nSPS) is 19.3. The van der Waals surface area contributed by atoms with Crippen LogP contribution in [-0.2, 0) is 4.79 Å². The molecule has 0 fully saturated rings. The Morgan fingerprint density at radius 2 is 1.73 bits per heavy atom. The number of anilines is 1. The summed E-state index contributed by atoms with van der Waals surface area (Å²) in [6.45, 7) is 1.01. The van der Waals surface area contributed by atoms with E-state index >= 15 is 0 Å². The van der Waals surface area contributed by atoms with Crippen molar-refractivity contribution in [3.05, 3.63) is 53.3 Å². The van der Waals surface area contributed by atoms with Gasteiger partial charge in [-0.1, -0.05) is 12.1 Å². The zero-order valence-electron chi connectivity index (χ0n) is 11.8. The van der Waals surface area contributed by atoms with Crippen molar-refractivity contribution in [1.82, 2.24) is 0 Å². The van der Waals surface area contributed by atoms with Crippen LogP contribution in [0, 0.1) is 5.82 Å². The molecule has 0 aromatic heterocycles. The molecule has 0 aliphatic carbocycles. The maximum absolute atomic E-state index is 13.1. The second kappa shape index (κ2) is 5.02. The van der Waals surface area contributed by atoms with Crippen molar-refractivity contribution >= 4 is 11.6 Å². The Hall–Kier alpha value is -2.56. The largest absolute Gasteiger partial charge is 0.486 e. The predicted octanol–water partition coefficient (Wildman–Crippen LogP) is 3.07. The van der Waals surface area contributed by atoms with Crippen molar-refractivity contribution in [1.29, 1.82) is 0 Å². The third-order valence-electron chi connectivity index (χ3n) is 4.03. The van der Waals surface area contributed by atoms with Gasteiger partial charge in [-0.3, -0.25) is 4.79 Å². The van der Waals surface area contributed by atoms with E-state index in [-0.39, 0.29) is 17.6 Å². The van der Waals surface area contributed by atoms with Gasteiger partial charge in [0.15, 0.2) is 11.5 Å². The maximum Gasteiger partial charge on any atom is 0.225 e. The molecule has 2 aliphatic rings. The standard InChI is InChI=1S/C17H14FNO3/c18-11-3-1-10(2-4-11)12-8-17(20)19-14-9-16-15(7-13(12)14)21-5-6-22-16/h1-4,7,9,12H,5-6,8H2,(H,19,20)/t12-/m0/s1. The van der Waals surface area contributed by atoms with Crippen molar-refractivity contribution in [2.45, 2.75) is 12.3 Å². The van der Waals surface area contributed by atoms with Crippen LogP contribution in [0.2, 0.25) is 0 Å². The summed E-state index contributed by atoms with van der Waals surface area (Å²) in [7, 11) is 0. The van der Waals surface area contributed by atoms with E-state index in [1.54, 1.807) is 18.2 Å². The molecule has 2 aromatic rings. The zero-order chi connectivity index (χ0) is 15.1. The fourth-order valence-electron chi connectivity index (χ4n) is 2.99. The minimum atomic E-state index is -0.286. The Balaban J connectivity index is 1.82. The molecule has 4 nitrogen and oxygen atoms in total. The first-order valence-electron chi connectivity index (χ1n) is 7.19. The average molecular weight is 299 g/mol. The molecule has 0 saturated carbocycles.